The number of fused-ring (bicyclic) bond motifs is 3. The number of aliphatic imine (C=N–C) groups is 1. The van der Waals surface area contributed by atoms with Crippen molar-refractivity contribution in [2.24, 2.45) is 22.6 Å². The van der Waals surface area contributed by atoms with E-state index in [1.165, 1.54) is 22.2 Å². The molecule has 2 aromatic heterocycles. The molecule has 24 heavy (non-hydrogen) atoms. The number of aryl methyl sites for hydroxylation is 1. The number of nitrogens with zero attached hydrogens (tertiary/aromatic N) is 2. The molecule has 0 fully saturated rings. The minimum absolute atomic E-state index is 0.0136. The van der Waals surface area contributed by atoms with E-state index in [0.29, 0.717) is 28.6 Å². The van der Waals surface area contributed by atoms with Crippen molar-refractivity contribution < 1.29 is 0 Å². The zero-order valence-electron chi connectivity index (χ0n) is 14.4. The Kier molecular flexibility index (Phi) is 5.30. The predicted octanol–water partition coefficient (Wildman–Crippen LogP) is 3.31. The van der Waals surface area contributed by atoms with Gasteiger partial charge in [0, 0.05) is 11.4 Å². The van der Waals surface area contributed by atoms with E-state index < -0.39 is 0 Å². The predicted molar refractivity (Wildman–Crippen MR) is 104 cm³/mol. The summed E-state index contributed by atoms with van der Waals surface area (Å²) in [6.45, 7) is 7.20. The molecule has 0 aliphatic heterocycles. The van der Waals surface area contributed by atoms with E-state index in [4.69, 9.17) is 5.73 Å². The Balaban J connectivity index is 1.81. The van der Waals surface area contributed by atoms with E-state index in [0.717, 1.165) is 36.0 Å². The fourth-order valence-corrected chi connectivity index (χ4v) is 4.91. The number of rotatable bonds is 4. The number of amidine groups is 1. The molecule has 0 saturated heterocycles. The van der Waals surface area contributed by atoms with Gasteiger partial charge in [-0.1, -0.05) is 32.5 Å². The number of thiophene rings is 1. The number of aromatic nitrogens is 2. The first-order chi connectivity index (χ1) is 11.4. The first kappa shape index (κ1) is 17.5. The third-order valence-corrected chi connectivity index (χ3v) is 6.17. The minimum Gasteiger partial charge on any atom is -0.379 e. The maximum absolute atomic E-state index is 12.5. The second kappa shape index (κ2) is 7.27. The van der Waals surface area contributed by atoms with Gasteiger partial charge in [-0.15, -0.1) is 11.3 Å². The van der Waals surface area contributed by atoms with Crippen molar-refractivity contribution in [3.8, 4) is 0 Å². The third-order valence-electron chi connectivity index (χ3n) is 4.18. The molecule has 0 bridgehead atoms. The van der Waals surface area contributed by atoms with Gasteiger partial charge >= 0.3 is 0 Å². The average molecular weight is 365 g/mol. The zero-order valence-corrected chi connectivity index (χ0v) is 16.0. The van der Waals surface area contributed by atoms with Gasteiger partial charge in [-0.25, -0.2) is 4.98 Å². The molecule has 130 valence electrons. The lowest BCUT2D eigenvalue weighted by Gasteiger charge is -2.17. The molecule has 0 saturated carbocycles. The van der Waals surface area contributed by atoms with E-state index in [9.17, 15) is 4.79 Å². The molecular formula is C17H24N4OS2. The van der Waals surface area contributed by atoms with Gasteiger partial charge in [0.2, 0.25) is 0 Å². The Morgan fingerprint density at radius 3 is 3.08 bits per heavy atom. The van der Waals surface area contributed by atoms with Crippen LogP contribution in [-0.2, 0) is 18.6 Å². The summed E-state index contributed by atoms with van der Waals surface area (Å²) in [6.07, 6.45) is 3.21. The van der Waals surface area contributed by atoms with Crippen molar-refractivity contribution in [2.75, 3.05) is 6.54 Å². The van der Waals surface area contributed by atoms with Crippen LogP contribution in [0.4, 0.5) is 0 Å². The summed E-state index contributed by atoms with van der Waals surface area (Å²) in [5, 5.41) is 1.35. The molecule has 7 heteroatoms. The summed E-state index contributed by atoms with van der Waals surface area (Å²) < 4.78 is 0. The Bertz CT molecular complexity index is 822. The summed E-state index contributed by atoms with van der Waals surface area (Å²) >= 11 is 3.10. The summed E-state index contributed by atoms with van der Waals surface area (Å²) in [4.78, 5) is 26.6. The largest absolute Gasteiger partial charge is 0.379 e. The SMILES string of the molecule is CC(C)CN=C(N)SCc1nc2sc3c(c2c(=O)[nH]1)CC[C@@H](C)C3. The Labute approximate surface area is 150 Å². The number of nitrogens with one attached hydrogen (secondary N) is 1. The molecule has 0 amide bonds. The molecule has 3 N–H and O–H groups in total. The number of H-pyrrole nitrogens is 1. The fourth-order valence-electron chi connectivity index (χ4n) is 2.92. The molecule has 0 spiro atoms. The van der Waals surface area contributed by atoms with Crippen molar-refractivity contribution in [2.45, 2.75) is 45.8 Å². The van der Waals surface area contributed by atoms with Crippen molar-refractivity contribution >= 4 is 38.5 Å². The van der Waals surface area contributed by atoms with Crippen molar-refractivity contribution in [1.82, 2.24) is 9.97 Å². The molecule has 3 rings (SSSR count). The highest BCUT2D eigenvalue weighted by Gasteiger charge is 2.22. The summed E-state index contributed by atoms with van der Waals surface area (Å²) in [5.74, 6) is 2.39. The molecule has 1 atom stereocenters. The highest BCUT2D eigenvalue weighted by atomic mass is 32.2. The van der Waals surface area contributed by atoms with E-state index in [-0.39, 0.29) is 5.56 Å². The number of aromatic amines is 1. The van der Waals surface area contributed by atoms with Crippen LogP contribution in [-0.4, -0.2) is 21.7 Å². The average Bonchev–Trinajstić information content (AvgIpc) is 2.88. The standard InChI is InChI=1S/C17H24N4OS2/c1-9(2)7-19-17(18)23-8-13-20-15(22)14-11-5-4-10(3)6-12(11)24-16(14)21-13/h9-10H,4-8H2,1-3H3,(H2,18,19)(H,20,21,22)/t10-/m1/s1. The van der Waals surface area contributed by atoms with Crippen LogP contribution in [0, 0.1) is 11.8 Å². The van der Waals surface area contributed by atoms with Crippen LogP contribution in [0.5, 0.6) is 0 Å². The zero-order chi connectivity index (χ0) is 17.3. The highest BCUT2D eigenvalue weighted by Crippen LogP contribution is 2.35. The second-order valence-electron chi connectivity index (χ2n) is 6.91. The van der Waals surface area contributed by atoms with Gasteiger partial charge in [0.1, 0.15) is 10.7 Å². The lowest BCUT2D eigenvalue weighted by molar-refractivity contribution is 0.509. The monoisotopic (exact) mass is 364 g/mol. The molecule has 0 aromatic carbocycles. The quantitative estimate of drug-likeness (QED) is 0.644. The number of nitrogens with two attached hydrogens (primary N) is 1. The van der Waals surface area contributed by atoms with Gasteiger partial charge < -0.3 is 10.7 Å². The molecule has 1 aliphatic carbocycles. The lowest BCUT2D eigenvalue weighted by atomic mass is 9.89. The fraction of sp³-hybridized carbons (Fsp3) is 0.588. The Morgan fingerprint density at radius 2 is 2.33 bits per heavy atom. The molecular weight excluding hydrogens is 340 g/mol. The van der Waals surface area contributed by atoms with E-state index in [1.807, 2.05) is 0 Å². The van der Waals surface area contributed by atoms with Crippen LogP contribution in [0.2, 0.25) is 0 Å². The van der Waals surface area contributed by atoms with Crippen LogP contribution in [0.15, 0.2) is 9.79 Å². The molecule has 2 aromatic rings. The van der Waals surface area contributed by atoms with E-state index >= 15 is 0 Å². The summed E-state index contributed by atoms with van der Waals surface area (Å²) in [6, 6.07) is 0. The highest BCUT2D eigenvalue weighted by molar-refractivity contribution is 8.13. The molecule has 0 radical (unpaired) electrons. The number of thioether (sulfide) groups is 1. The topological polar surface area (TPSA) is 84.1 Å². The van der Waals surface area contributed by atoms with Crippen LogP contribution in [0.25, 0.3) is 10.2 Å². The maximum Gasteiger partial charge on any atom is 0.259 e. The van der Waals surface area contributed by atoms with Crippen LogP contribution in [0.1, 0.15) is 43.5 Å². The van der Waals surface area contributed by atoms with Crippen LogP contribution < -0.4 is 11.3 Å². The van der Waals surface area contributed by atoms with Crippen molar-refractivity contribution in [1.29, 1.82) is 0 Å². The lowest BCUT2D eigenvalue weighted by Crippen LogP contribution is -2.15. The summed E-state index contributed by atoms with van der Waals surface area (Å²) in [5.41, 5.74) is 7.12. The second-order valence-corrected chi connectivity index (χ2v) is 8.99. The summed E-state index contributed by atoms with van der Waals surface area (Å²) in [7, 11) is 0. The number of hydrogen-bond acceptors (Lipinski definition) is 5. The van der Waals surface area contributed by atoms with Crippen molar-refractivity contribution in [3.05, 3.63) is 26.6 Å². The van der Waals surface area contributed by atoms with Crippen LogP contribution >= 0.6 is 23.1 Å². The first-order valence-electron chi connectivity index (χ1n) is 8.40. The van der Waals surface area contributed by atoms with Gasteiger partial charge in [-0.2, -0.15) is 0 Å². The Hall–Kier alpha value is -1.34. The van der Waals surface area contributed by atoms with Gasteiger partial charge in [0.25, 0.3) is 5.56 Å². The molecule has 5 nitrogen and oxygen atoms in total. The third kappa shape index (κ3) is 3.83. The maximum atomic E-state index is 12.5. The van der Waals surface area contributed by atoms with E-state index in [1.54, 1.807) is 11.3 Å². The van der Waals surface area contributed by atoms with Gasteiger partial charge in [-0.3, -0.25) is 9.79 Å². The van der Waals surface area contributed by atoms with E-state index in [2.05, 4.69) is 35.7 Å². The molecule has 2 heterocycles. The molecule has 1 aliphatic rings. The van der Waals surface area contributed by atoms with Gasteiger partial charge in [0.05, 0.1) is 11.1 Å². The van der Waals surface area contributed by atoms with Crippen LogP contribution in [0.3, 0.4) is 0 Å². The van der Waals surface area contributed by atoms with Gasteiger partial charge in [-0.05, 0) is 36.7 Å². The molecule has 0 unspecified atom stereocenters. The Morgan fingerprint density at radius 1 is 1.54 bits per heavy atom. The smallest absolute Gasteiger partial charge is 0.259 e. The first-order valence-corrected chi connectivity index (χ1v) is 10.2. The normalized spacial score (nSPS) is 18.3. The van der Waals surface area contributed by atoms with Gasteiger partial charge in [0.15, 0.2) is 5.17 Å². The number of hydrogen-bond donors (Lipinski definition) is 2. The minimum atomic E-state index is -0.0136. The van der Waals surface area contributed by atoms with Crippen molar-refractivity contribution in [3.63, 3.8) is 0 Å².